The first-order valence-corrected chi connectivity index (χ1v) is 7.63. The summed E-state index contributed by atoms with van der Waals surface area (Å²) in [6, 6.07) is 0. The topological polar surface area (TPSA) is 60.9 Å². The van der Waals surface area contributed by atoms with Gasteiger partial charge in [0.1, 0.15) is 0 Å². The summed E-state index contributed by atoms with van der Waals surface area (Å²) in [6.07, 6.45) is 6.28. The lowest BCUT2D eigenvalue weighted by Gasteiger charge is -2.30. The van der Waals surface area contributed by atoms with Gasteiger partial charge in [0.25, 0.3) is 0 Å². The molecule has 0 aromatic carbocycles. The van der Waals surface area contributed by atoms with Gasteiger partial charge in [0.2, 0.25) is 5.91 Å². The molecule has 0 radical (unpaired) electrons. The highest BCUT2D eigenvalue weighted by atomic mass is 16.4. The third-order valence-corrected chi connectivity index (χ3v) is 3.93. The lowest BCUT2D eigenvalue weighted by molar-refractivity contribution is -0.141. The SMILES string of the molecule is CN(C)CCN(CC1CCCCC1)C(=O)CCC(=O)O. The summed E-state index contributed by atoms with van der Waals surface area (Å²) in [7, 11) is 3.97. The predicted molar refractivity (Wildman–Crippen MR) is 78.6 cm³/mol. The monoisotopic (exact) mass is 284 g/mol. The quantitative estimate of drug-likeness (QED) is 0.738. The van der Waals surface area contributed by atoms with E-state index in [1.165, 1.54) is 32.1 Å². The van der Waals surface area contributed by atoms with Gasteiger partial charge >= 0.3 is 5.97 Å². The van der Waals surface area contributed by atoms with E-state index in [9.17, 15) is 9.59 Å². The van der Waals surface area contributed by atoms with Gasteiger partial charge in [-0.1, -0.05) is 19.3 Å². The van der Waals surface area contributed by atoms with E-state index in [1.807, 2.05) is 19.0 Å². The number of carboxylic acids is 1. The van der Waals surface area contributed by atoms with E-state index in [-0.39, 0.29) is 18.7 Å². The minimum Gasteiger partial charge on any atom is -0.481 e. The molecule has 1 fully saturated rings. The molecule has 0 aliphatic heterocycles. The molecule has 0 heterocycles. The third-order valence-electron chi connectivity index (χ3n) is 3.93. The molecule has 0 bridgehead atoms. The molecule has 1 aliphatic carbocycles. The van der Waals surface area contributed by atoms with Crippen molar-refractivity contribution < 1.29 is 14.7 Å². The fourth-order valence-corrected chi connectivity index (χ4v) is 2.69. The minimum atomic E-state index is -0.899. The van der Waals surface area contributed by atoms with Gasteiger partial charge in [-0.05, 0) is 32.9 Å². The van der Waals surface area contributed by atoms with Crippen LogP contribution in [0.25, 0.3) is 0 Å². The Morgan fingerprint density at radius 2 is 1.70 bits per heavy atom. The molecule has 0 unspecified atom stereocenters. The van der Waals surface area contributed by atoms with Crippen LogP contribution in [0.4, 0.5) is 0 Å². The van der Waals surface area contributed by atoms with Crippen LogP contribution in [0.15, 0.2) is 0 Å². The number of carboxylic acid groups (broad SMARTS) is 1. The minimum absolute atomic E-state index is 0.0141. The van der Waals surface area contributed by atoms with E-state index in [1.54, 1.807) is 0 Å². The first-order valence-electron chi connectivity index (χ1n) is 7.63. The van der Waals surface area contributed by atoms with Crippen molar-refractivity contribution in [2.45, 2.75) is 44.9 Å². The van der Waals surface area contributed by atoms with Crippen LogP contribution in [0.2, 0.25) is 0 Å². The van der Waals surface area contributed by atoms with Crippen molar-refractivity contribution in [3.63, 3.8) is 0 Å². The largest absolute Gasteiger partial charge is 0.481 e. The van der Waals surface area contributed by atoms with Crippen LogP contribution >= 0.6 is 0 Å². The summed E-state index contributed by atoms with van der Waals surface area (Å²) in [5, 5.41) is 8.70. The number of amides is 1. The molecule has 0 aromatic rings. The highest BCUT2D eigenvalue weighted by Gasteiger charge is 2.21. The Morgan fingerprint density at radius 3 is 2.25 bits per heavy atom. The van der Waals surface area contributed by atoms with Crippen LogP contribution in [-0.2, 0) is 9.59 Å². The number of rotatable bonds is 8. The summed E-state index contributed by atoms with van der Waals surface area (Å²) >= 11 is 0. The van der Waals surface area contributed by atoms with Gasteiger partial charge in [0, 0.05) is 26.1 Å². The highest BCUT2D eigenvalue weighted by molar-refractivity contribution is 5.80. The summed E-state index contributed by atoms with van der Waals surface area (Å²) in [5.41, 5.74) is 0. The van der Waals surface area contributed by atoms with Gasteiger partial charge in [0.05, 0.1) is 6.42 Å². The third kappa shape index (κ3) is 6.89. The van der Waals surface area contributed by atoms with Crippen molar-refractivity contribution in [2.75, 3.05) is 33.7 Å². The second-order valence-electron chi connectivity index (χ2n) is 6.04. The number of carbonyl (C=O) groups excluding carboxylic acids is 1. The number of aliphatic carboxylic acids is 1. The number of likely N-dealkylation sites (N-methyl/N-ethyl adjacent to an activating group) is 1. The maximum atomic E-state index is 12.2. The molecule has 1 saturated carbocycles. The molecule has 0 saturated heterocycles. The normalized spacial score (nSPS) is 16.4. The summed E-state index contributed by atoms with van der Waals surface area (Å²) in [5.74, 6) is -0.317. The van der Waals surface area contributed by atoms with Gasteiger partial charge in [-0.2, -0.15) is 0 Å². The van der Waals surface area contributed by atoms with Gasteiger partial charge in [-0.15, -0.1) is 0 Å². The number of hydrogen-bond acceptors (Lipinski definition) is 3. The van der Waals surface area contributed by atoms with Crippen molar-refractivity contribution >= 4 is 11.9 Å². The molecule has 0 spiro atoms. The van der Waals surface area contributed by atoms with Crippen molar-refractivity contribution in [3.8, 4) is 0 Å². The van der Waals surface area contributed by atoms with Crippen LogP contribution in [0, 0.1) is 5.92 Å². The zero-order valence-corrected chi connectivity index (χ0v) is 12.8. The maximum absolute atomic E-state index is 12.2. The van der Waals surface area contributed by atoms with Crippen LogP contribution in [-0.4, -0.2) is 60.5 Å². The Kier molecular flexibility index (Phi) is 7.59. The van der Waals surface area contributed by atoms with E-state index < -0.39 is 5.97 Å². The molecule has 0 atom stereocenters. The van der Waals surface area contributed by atoms with E-state index in [0.717, 1.165) is 13.1 Å². The average molecular weight is 284 g/mol. The second kappa shape index (κ2) is 8.95. The Labute approximate surface area is 121 Å². The Balaban J connectivity index is 2.48. The molecule has 20 heavy (non-hydrogen) atoms. The molecule has 5 nitrogen and oxygen atoms in total. The van der Waals surface area contributed by atoms with Gasteiger partial charge in [0.15, 0.2) is 0 Å². The van der Waals surface area contributed by atoms with Crippen molar-refractivity contribution in [1.82, 2.24) is 9.80 Å². The molecule has 116 valence electrons. The van der Waals surface area contributed by atoms with E-state index in [0.29, 0.717) is 12.5 Å². The molecule has 5 heteroatoms. The first-order chi connectivity index (χ1) is 9.49. The van der Waals surface area contributed by atoms with Crippen LogP contribution in [0.1, 0.15) is 44.9 Å². The zero-order valence-electron chi connectivity index (χ0n) is 12.8. The number of hydrogen-bond donors (Lipinski definition) is 1. The number of nitrogens with zero attached hydrogens (tertiary/aromatic N) is 2. The van der Waals surface area contributed by atoms with Crippen LogP contribution in [0.3, 0.4) is 0 Å². The predicted octanol–water partition coefficient (Wildman–Crippen LogP) is 1.82. The summed E-state index contributed by atoms with van der Waals surface area (Å²) in [6.45, 7) is 2.32. The molecule has 1 N–H and O–H groups in total. The van der Waals surface area contributed by atoms with Crippen molar-refractivity contribution in [2.24, 2.45) is 5.92 Å². The fourth-order valence-electron chi connectivity index (χ4n) is 2.69. The Hall–Kier alpha value is -1.10. The van der Waals surface area contributed by atoms with Crippen LogP contribution in [0.5, 0.6) is 0 Å². The molecule has 1 aliphatic rings. The van der Waals surface area contributed by atoms with E-state index >= 15 is 0 Å². The smallest absolute Gasteiger partial charge is 0.303 e. The molecule has 1 amide bonds. The Morgan fingerprint density at radius 1 is 1.05 bits per heavy atom. The van der Waals surface area contributed by atoms with Crippen molar-refractivity contribution in [3.05, 3.63) is 0 Å². The molecule has 0 aromatic heterocycles. The van der Waals surface area contributed by atoms with E-state index in [2.05, 4.69) is 4.90 Å². The molecular formula is C15H28N2O3. The lowest BCUT2D eigenvalue weighted by Crippen LogP contribution is -2.40. The fraction of sp³-hybridized carbons (Fsp3) is 0.867. The Bertz CT molecular complexity index is 312. The second-order valence-corrected chi connectivity index (χ2v) is 6.04. The summed E-state index contributed by atoms with van der Waals surface area (Å²) < 4.78 is 0. The maximum Gasteiger partial charge on any atom is 0.303 e. The van der Waals surface area contributed by atoms with Gasteiger partial charge < -0.3 is 14.9 Å². The lowest BCUT2D eigenvalue weighted by atomic mass is 9.89. The van der Waals surface area contributed by atoms with Crippen LogP contribution < -0.4 is 0 Å². The van der Waals surface area contributed by atoms with E-state index in [4.69, 9.17) is 5.11 Å². The summed E-state index contributed by atoms with van der Waals surface area (Å²) in [4.78, 5) is 26.7. The molecular weight excluding hydrogens is 256 g/mol. The van der Waals surface area contributed by atoms with Gasteiger partial charge in [-0.3, -0.25) is 9.59 Å². The number of carbonyl (C=O) groups is 2. The highest BCUT2D eigenvalue weighted by Crippen LogP contribution is 2.24. The average Bonchev–Trinajstić information content (AvgIpc) is 2.41. The first kappa shape index (κ1) is 17.0. The standard InChI is InChI=1S/C15H28N2O3/c1-16(2)10-11-17(14(18)8-9-15(19)20)12-13-6-4-3-5-7-13/h13H,3-12H2,1-2H3,(H,19,20). The zero-order chi connectivity index (χ0) is 15.0. The van der Waals surface area contributed by atoms with Gasteiger partial charge in [-0.25, -0.2) is 0 Å². The van der Waals surface area contributed by atoms with Crippen molar-refractivity contribution in [1.29, 1.82) is 0 Å². The molecule has 1 rings (SSSR count).